The topological polar surface area (TPSA) is 18.5 Å². The van der Waals surface area contributed by atoms with Crippen LogP contribution in [0.25, 0.3) is 5.76 Å². The zero-order chi connectivity index (χ0) is 14.4. The zero-order valence-corrected chi connectivity index (χ0v) is 13.8. The van der Waals surface area contributed by atoms with Crippen molar-refractivity contribution in [1.29, 1.82) is 0 Å². The van der Waals surface area contributed by atoms with Gasteiger partial charge in [0.2, 0.25) is 0 Å². The summed E-state index contributed by atoms with van der Waals surface area (Å²) in [5, 5.41) is 0. The third kappa shape index (κ3) is 2.09. The second kappa shape index (κ2) is 5.11. The SMILES string of the molecule is CSC1=C(c2ccccc2)OC2Oc3ccc(Br)cc3C12. The molecule has 4 rings (SSSR count). The molecule has 2 nitrogen and oxygen atoms in total. The van der Waals surface area contributed by atoms with Gasteiger partial charge in [-0.3, -0.25) is 0 Å². The lowest BCUT2D eigenvalue weighted by Crippen LogP contribution is -2.15. The van der Waals surface area contributed by atoms with Gasteiger partial charge in [0.1, 0.15) is 11.5 Å². The van der Waals surface area contributed by atoms with Gasteiger partial charge in [0.25, 0.3) is 6.29 Å². The maximum Gasteiger partial charge on any atom is 0.252 e. The molecule has 0 amide bonds. The minimum Gasteiger partial charge on any atom is -0.454 e. The Morgan fingerprint density at radius 3 is 2.62 bits per heavy atom. The Morgan fingerprint density at radius 2 is 1.86 bits per heavy atom. The predicted octanol–water partition coefficient (Wildman–Crippen LogP) is 5.01. The first-order valence-corrected chi connectivity index (χ1v) is 8.76. The van der Waals surface area contributed by atoms with Gasteiger partial charge in [0.05, 0.1) is 5.92 Å². The number of benzene rings is 2. The fraction of sp³-hybridized carbons (Fsp3) is 0.176. The van der Waals surface area contributed by atoms with E-state index in [1.807, 2.05) is 30.3 Å². The predicted molar refractivity (Wildman–Crippen MR) is 89.3 cm³/mol. The van der Waals surface area contributed by atoms with E-state index < -0.39 is 0 Å². The molecular weight excluding hydrogens is 348 g/mol. The number of thioether (sulfide) groups is 1. The molecule has 0 fully saturated rings. The van der Waals surface area contributed by atoms with Crippen molar-refractivity contribution < 1.29 is 9.47 Å². The molecule has 0 aromatic heterocycles. The van der Waals surface area contributed by atoms with Crippen LogP contribution in [0.3, 0.4) is 0 Å². The van der Waals surface area contributed by atoms with Crippen molar-refractivity contribution in [1.82, 2.24) is 0 Å². The van der Waals surface area contributed by atoms with Crippen LogP contribution < -0.4 is 4.74 Å². The first-order valence-electron chi connectivity index (χ1n) is 6.74. The number of halogens is 1. The second-order valence-corrected chi connectivity index (χ2v) is 6.79. The summed E-state index contributed by atoms with van der Waals surface area (Å²) in [5.41, 5.74) is 2.31. The molecule has 0 aliphatic carbocycles. The highest BCUT2D eigenvalue weighted by molar-refractivity contribution is 9.10. The van der Waals surface area contributed by atoms with Gasteiger partial charge in [-0.25, -0.2) is 0 Å². The lowest BCUT2D eigenvalue weighted by Gasteiger charge is -2.11. The van der Waals surface area contributed by atoms with Gasteiger partial charge in [0, 0.05) is 20.5 Å². The number of fused-ring (bicyclic) bond motifs is 3. The first-order chi connectivity index (χ1) is 10.3. The molecule has 4 heteroatoms. The van der Waals surface area contributed by atoms with Crippen molar-refractivity contribution in [3.8, 4) is 5.75 Å². The smallest absolute Gasteiger partial charge is 0.252 e. The van der Waals surface area contributed by atoms with E-state index in [0.717, 1.165) is 21.5 Å². The fourth-order valence-electron chi connectivity index (χ4n) is 2.90. The molecule has 106 valence electrons. The van der Waals surface area contributed by atoms with Crippen molar-refractivity contribution in [2.45, 2.75) is 12.2 Å². The van der Waals surface area contributed by atoms with E-state index in [1.54, 1.807) is 11.8 Å². The standard InChI is InChI=1S/C17H13BrO2S/c1-21-16-14-12-9-11(18)7-8-13(12)19-17(14)20-15(16)10-5-3-2-4-6-10/h2-9,14,17H,1H3. The molecule has 21 heavy (non-hydrogen) atoms. The van der Waals surface area contributed by atoms with Crippen LogP contribution in [0.2, 0.25) is 0 Å². The minimum atomic E-state index is -0.244. The third-order valence-corrected chi connectivity index (χ3v) is 5.19. The van der Waals surface area contributed by atoms with Crippen LogP contribution in [0.1, 0.15) is 17.0 Å². The normalized spacial score (nSPS) is 22.6. The first kappa shape index (κ1) is 13.3. The van der Waals surface area contributed by atoms with Crippen LogP contribution >= 0.6 is 27.7 Å². The Morgan fingerprint density at radius 1 is 1.05 bits per heavy atom. The minimum absolute atomic E-state index is 0.169. The molecule has 2 heterocycles. The Balaban J connectivity index is 1.83. The molecule has 0 saturated heterocycles. The largest absolute Gasteiger partial charge is 0.454 e. The Labute approximate surface area is 136 Å². The van der Waals surface area contributed by atoms with Gasteiger partial charge in [-0.2, -0.15) is 0 Å². The summed E-state index contributed by atoms with van der Waals surface area (Å²) in [5.74, 6) is 2.04. The molecule has 2 aromatic carbocycles. The van der Waals surface area contributed by atoms with E-state index >= 15 is 0 Å². The van der Waals surface area contributed by atoms with Crippen molar-refractivity contribution in [2.24, 2.45) is 0 Å². The van der Waals surface area contributed by atoms with E-state index in [0.29, 0.717) is 0 Å². The van der Waals surface area contributed by atoms with Crippen LogP contribution in [-0.4, -0.2) is 12.5 Å². The number of hydrogen-bond acceptors (Lipinski definition) is 3. The van der Waals surface area contributed by atoms with Gasteiger partial charge < -0.3 is 9.47 Å². The summed E-state index contributed by atoms with van der Waals surface area (Å²) in [7, 11) is 0. The molecular formula is C17H13BrO2S. The number of ether oxygens (including phenoxy) is 2. The molecule has 0 N–H and O–H groups in total. The maximum atomic E-state index is 6.12. The fourth-order valence-corrected chi connectivity index (χ4v) is 4.12. The summed E-state index contributed by atoms with van der Waals surface area (Å²) in [4.78, 5) is 1.24. The monoisotopic (exact) mass is 360 g/mol. The summed E-state index contributed by atoms with van der Waals surface area (Å²) < 4.78 is 13.2. The van der Waals surface area contributed by atoms with E-state index in [-0.39, 0.29) is 12.2 Å². The molecule has 0 spiro atoms. The number of rotatable bonds is 2. The lowest BCUT2D eigenvalue weighted by atomic mass is 9.99. The summed E-state index contributed by atoms with van der Waals surface area (Å²) in [6.07, 6.45) is 1.85. The van der Waals surface area contributed by atoms with Gasteiger partial charge in [-0.1, -0.05) is 46.3 Å². The Kier molecular flexibility index (Phi) is 3.23. The van der Waals surface area contributed by atoms with E-state index in [4.69, 9.17) is 9.47 Å². The Hall–Kier alpha value is -1.39. The summed E-state index contributed by atoms with van der Waals surface area (Å²) in [6, 6.07) is 16.4. The van der Waals surface area contributed by atoms with Crippen LogP contribution in [-0.2, 0) is 4.74 Å². The van der Waals surface area contributed by atoms with Gasteiger partial charge in [-0.05, 0) is 24.5 Å². The van der Waals surface area contributed by atoms with Crippen LogP contribution in [0.15, 0.2) is 57.9 Å². The van der Waals surface area contributed by atoms with Crippen LogP contribution in [0.4, 0.5) is 0 Å². The van der Waals surface area contributed by atoms with Crippen molar-refractivity contribution in [2.75, 3.05) is 6.26 Å². The molecule has 0 bridgehead atoms. The molecule has 2 atom stereocenters. The van der Waals surface area contributed by atoms with Gasteiger partial charge >= 0.3 is 0 Å². The highest BCUT2D eigenvalue weighted by Crippen LogP contribution is 2.54. The summed E-state index contributed by atoms with van der Waals surface area (Å²) in [6.45, 7) is 0. The lowest BCUT2D eigenvalue weighted by molar-refractivity contribution is 0.00640. The Bertz CT molecular complexity index is 727. The highest BCUT2D eigenvalue weighted by Gasteiger charge is 2.45. The van der Waals surface area contributed by atoms with Crippen molar-refractivity contribution in [3.05, 3.63) is 69.0 Å². The van der Waals surface area contributed by atoms with Crippen molar-refractivity contribution >= 4 is 33.5 Å². The van der Waals surface area contributed by atoms with E-state index in [2.05, 4.69) is 40.4 Å². The molecule has 2 unspecified atom stereocenters. The average molecular weight is 361 g/mol. The number of hydrogen-bond donors (Lipinski definition) is 0. The highest BCUT2D eigenvalue weighted by atomic mass is 79.9. The zero-order valence-electron chi connectivity index (χ0n) is 11.4. The van der Waals surface area contributed by atoms with E-state index in [1.165, 1.54) is 10.5 Å². The second-order valence-electron chi connectivity index (χ2n) is 5.03. The maximum absolute atomic E-state index is 6.12. The van der Waals surface area contributed by atoms with Gasteiger partial charge in [-0.15, -0.1) is 11.8 Å². The quantitative estimate of drug-likeness (QED) is 0.749. The molecule has 0 saturated carbocycles. The molecule has 2 aliphatic rings. The summed E-state index contributed by atoms with van der Waals surface area (Å²) >= 11 is 5.29. The average Bonchev–Trinajstić information content (AvgIpc) is 3.03. The molecule has 0 radical (unpaired) electrons. The van der Waals surface area contributed by atoms with E-state index in [9.17, 15) is 0 Å². The van der Waals surface area contributed by atoms with Crippen LogP contribution in [0.5, 0.6) is 5.75 Å². The molecule has 2 aliphatic heterocycles. The third-order valence-electron chi connectivity index (χ3n) is 3.82. The van der Waals surface area contributed by atoms with Crippen LogP contribution in [0, 0.1) is 0 Å². The van der Waals surface area contributed by atoms with Gasteiger partial charge in [0.15, 0.2) is 0 Å². The molecule has 2 aromatic rings. The van der Waals surface area contributed by atoms with Crippen molar-refractivity contribution in [3.63, 3.8) is 0 Å².